The maximum Gasteiger partial charge on any atom is 0.00966 e. The molecule has 0 aromatic heterocycles. The Bertz CT molecular complexity index is 178. The van der Waals surface area contributed by atoms with Gasteiger partial charge in [0.1, 0.15) is 0 Å². The van der Waals surface area contributed by atoms with Crippen LogP contribution in [0.25, 0.3) is 0 Å². The lowest BCUT2D eigenvalue weighted by atomic mass is 9.79. The number of thiol groups is 1. The van der Waals surface area contributed by atoms with Gasteiger partial charge >= 0.3 is 0 Å². The predicted molar refractivity (Wildman–Crippen MR) is 59.5 cm³/mol. The van der Waals surface area contributed by atoms with Crippen LogP contribution < -0.4 is 0 Å². The molecule has 2 aliphatic rings. The van der Waals surface area contributed by atoms with Gasteiger partial charge in [0.05, 0.1) is 0 Å². The van der Waals surface area contributed by atoms with Gasteiger partial charge in [-0.15, -0.1) is 0 Å². The van der Waals surface area contributed by atoms with Crippen molar-refractivity contribution in [2.45, 2.75) is 12.8 Å². The van der Waals surface area contributed by atoms with Crippen LogP contribution in [0.1, 0.15) is 12.8 Å². The van der Waals surface area contributed by atoms with E-state index in [4.69, 9.17) is 0 Å². The van der Waals surface area contributed by atoms with E-state index in [-0.39, 0.29) is 0 Å². The van der Waals surface area contributed by atoms with Crippen LogP contribution in [-0.4, -0.2) is 55.3 Å². The fraction of sp³-hybridized carbons (Fsp3) is 1.00. The van der Waals surface area contributed by atoms with Crippen molar-refractivity contribution in [3.05, 3.63) is 0 Å². The van der Waals surface area contributed by atoms with E-state index < -0.39 is 0 Å². The lowest BCUT2D eigenvalue weighted by Gasteiger charge is -2.46. The second-order valence-electron chi connectivity index (χ2n) is 4.78. The second kappa shape index (κ2) is 3.79. The summed E-state index contributed by atoms with van der Waals surface area (Å²) in [7, 11) is 2.22. The molecule has 2 nitrogen and oxygen atoms in total. The second-order valence-corrected chi connectivity index (χ2v) is 5.22. The minimum absolute atomic E-state index is 0.686. The summed E-state index contributed by atoms with van der Waals surface area (Å²) in [6.45, 7) is 6.57. The highest BCUT2D eigenvalue weighted by atomic mass is 32.1. The molecule has 2 heterocycles. The standard InChI is InChI=1S/C10H20N2S/c1-11-7-10(8-11)3-5-12(9-10)4-2-6-13/h13H,2-9H2,1H3. The zero-order valence-corrected chi connectivity index (χ0v) is 9.39. The van der Waals surface area contributed by atoms with Gasteiger partial charge in [-0.2, -0.15) is 12.6 Å². The normalized spacial score (nSPS) is 28.2. The Morgan fingerprint density at radius 3 is 2.69 bits per heavy atom. The number of hydrogen-bond donors (Lipinski definition) is 1. The van der Waals surface area contributed by atoms with Gasteiger partial charge in [0.2, 0.25) is 0 Å². The molecular weight excluding hydrogens is 180 g/mol. The van der Waals surface area contributed by atoms with Gasteiger partial charge in [0, 0.05) is 25.0 Å². The third-order valence-corrected chi connectivity index (χ3v) is 3.68. The Morgan fingerprint density at radius 1 is 1.31 bits per heavy atom. The van der Waals surface area contributed by atoms with Crippen LogP contribution in [0.15, 0.2) is 0 Å². The zero-order valence-electron chi connectivity index (χ0n) is 8.50. The summed E-state index contributed by atoms with van der Waals surface area (Å²) in [4.78, 5) is 5.05. The Labute approximate surface area is 86.7 Å². The van der Waals surface area contributed by atoms with Crippen LogP contribution in [0.5, 0.6) is 0 Å². The topological polar surface area (TPSA) is 6.48 Å². The third kappa shape index (κ3) is 2.03. The highest BCUT2D eigenvalue weighted by molar-refractivity contribution is 7.80. The van der Waals surface area contributed by atoms with Crippen molar-refractivity contribution in [1.82, 2.24) is 9.80 Å². The van der Waals surface area contributed by atoms with Crippen molar-refractivity contribution in [2.75, 3.05) is 45.5 Å². The smallest absolute Gasteiger partial charge is 0.00966 e. The van der Waals surface area contributed by atoms with E-state index >= 15 is 0 Å². The van der Waals surface area contributed by atoms with Crippen LogP contribution in [0, 0.1) is 5.41 Å². The van der Waals surface area contributed by atoms with E-state index in [0.29, 0.717) is 5.41 Å². The van der Waals surface area contributed by atoms with E-state index in [9.17, 15) is 0 Å². The molecule has 2 fully saturated rings. The first-order valence-electron chi connectivity index (χ1n) is 5.26. The number of rotatable bonds is 3. The fourth-order valence-corrected chi connectivity index (χ4v) is 3.01. The van der Waals surface area contributed by atoms with Gasteiger partial charge < -0.3 is 9.80 Å². The van der Waals surface area contributed by atoms with E-state index in [1.165, 1.54) is 45.6 Å². The van der Waals surface area contributed by atoms with Gasteiger partial charge in [0.15, 0.2) is 0 Å². The number of nitrogens with zero attached hydrogens (tertiary/aromatic N) is 2. The van der Waals surface area contributed by atoms with Crippen molar-refractivity contribution in [2.24, 2.45) is 5.41 Å². The maximum atomic E-state index is 4.25. The largest absolute Gasteiger partial charge is 0.305 e. The molecule has 0 bridgehead atoms. The molecule has 2 rings (SSSR count). The first-order chi connectivity index (χ1) is 6.24. The zero-order chi connectivity index (χ0) is 9.31. The lowest BCUT2D eigenvalue weighted by Crippen LogP contribution is -2.55. The first kappa shape index (κ1) is 9.81. The molecule has 0 aromatic carbocycles. The molecule has 13 heavy (non-hydrogen) atoms. The number of likely N-dealkylation sites (tertiary alicyclic amines) is 2. The van der Waals surface area contributed by atoms with Crippen LogP contribution >= 0.6 is 12.6 Å². The molecule has 0 unspecified atom stereocenters. The minimum atomic E-state index is 0.686. The molecule has 1 spiro atoms. The van der Waals surface area contributed by atoms with E-state index in [1.54, 1.807) is 0 Å². The van der Waals surface area contributed by atoms with Crippen LogP contribution in [-0.2, 0) is 0 Å². The highest BCUT2D eigenvalue weighted by Gasteiger charge is 2.45. The summed E-state index contributed by atoms with van der Waals surface area (Å²) >= 11 is 4.25. The average molecular weight is 200 g/mol. The monoisotopic (exact) mass is 200 g/mol. The van der Waals surface area contributed by atoms with Crippen molar-refractivity contribution in [1.29, 1.82) is 0 Å². The molecule has 0 amide bonds. The van der Waals surface area contributed by atoms with Crippen LogP contribution in [0.2, 0.25) is 0 Å². The summed E-state index contributed by atoms with van der Waals surface area (Å²) in [5, 5.41) is 0. The molecule has 0 saturated carbocycles. The first-order valence-corrected chi connectivity index (χ1v) is 5.89. The molecule has 0 atom stereocenters. The van der Waals surface area contributed by atoms with E-state index in [2.05, 4.69) is 29.5 Å². The predicted octanol–water partition coefficient (Wildman–Crippen LogP) is 0.944. The molecule has 0 radical (unpaired) electrons. The van der Waals surface area contributed by atoms with Crippen molar-refractivity contribution >= 4 is 12.6 Å². The van der Waals surface area contributed by atoms with Crippen molar-refractivity contribution in [3.63, 3.8) is 0 Å². The molecule has 0 aromatic rings. The van der Waals surface area contributed by atoms with Crippen LogP contribution in [0.3, 0.4) is 0 Å². The van der Waals surface area contributed by atoms with Gasteiger partial charge in [-0.05, 0) is 38.7 Å². The highest BCUT2D eigenvalue weighted by Crippen LogP contribution is 2.38. The molecule has 0 N–H and O–H groups in total. The minimum Gasteiger partial charge on any atom is -0.305 e. The summed E-state index contributed by atoms with van der Waals surface area (Å²) in [5.74, 6) is 1.03. The van der Waals surface area contributed by atoms with Gasteiger partial charge in [-0.3, -0.25) is 0 Å². The van der Waals surface area contributed by atoms with Gasteiger partial charge in [0.25, 0.3) is 0 Å². The van der Waals surface area contributed by atoms with Crippen molar-refractivity contribution < 1.29 is 0 Å². The SMILES string of the molecule is CN1CC2(CCN(CCCS)C2)C1. The Morgan fingerprint density at radius 2 is 2.08 bits per heavy atom. The molecule has 2 saturated heterocycles. The van der Waals surface area contributed by atoms with E-state index in [0.717, 1.165) is 5.75 Å². The van der Waals surface area contributed by atoms with Crippen molar-refractivity contribution in [3.8, 4) is 0 Å². The molecule has 3 heteroatoms. The fourth-order valence-electron chi connectivity index (χ4n) is 2.87. The Balaban J connectivity index is 1.75. The molecular formula is C10H20N2S. The average Bonchev–Trinajstić information content (AvgIpc) is 2.45. The van der Waals surface area contributed by atoms with Gasteiger partial charge in [-0.1, -0.05) is 0 Å². The Hall–Kier alpha value is 0.270. The quantitative estimate of drug-likeness (QED) is 0.678. The summed E-state index contributed by atoms with van der Waals surface area (Å²) in [5.41, 5.74) is 0.686. The van der Waals surface area contributed by atoms with E-state index in [1.807, 2.05) is 0 Å². The van der Waals surface area contributed by atoms with Gasteiger partial charge in [-0.25, -0.2) is 0 Å². The summed E-state index contributed by atoms with van der Waals surface area (Å²) < 4.78 is 0. The summed E-state index contributed by atoms with van der Waals surface area (Å²) in [6, 6.07) is 0. The summed E-state index contributed by atoms with van der Waals surface area (Å²) in [6.07, 6.45) is 2.67. The molecule has 0 aliphatic carbocycles. The molecule has 2 aliphatic heterocycles. The third-order valence-electron chi connectivity index (χ3n) is 3.36. The maximum absolute atomic E-state index is 4.25. The molecule has 76 valence electrons. The Kier molecular flexibility index (Phi) is 2.86. The van der Waals surface area contributed by atoms with Crippen LogP contribution in [0.4, 0.5) is 0 Å². The number of hydrogen-bond acceptors (Lipinski definition) is 3. The lowest BCUT2D eigenvalue weighted by molar-refractivity contribution is 0.0308.